The van der Waals surface area contributed by atoms with Crippen LogP contribution in [0.1, 0.15) is 32.1 Å². The fourth-order valence-corrected chi connectivity index (χ4v) is 1.26. The van der Waals surface area contributed by atoms with Crippen molar-refractivity contribution in [3.8, 4) is 0 Å². The molecule has 1 heterocycles. The van der Waals surface area contributed by atoms with Crippen LogP contribution in [0.3, 0.4) is 0 Å². The highest BCUT2D eigenvalue weighted by molar-refractivity contribution is 7.80. The van der Waals surface area contributed by atoms with Crippen LogP contribution in [0.25, 0.3) is 0 Å². The predicted octanol–water partition coefficient (Wildman–Crippen LogP) is 1.88. The molecule has 1 nitrogen and oxygen atoms in total. The molecule has 1 fully saturated rings. The van der Waals surface area contributed by atoms with Gasteiger partial charge in [0, 0.05) is 6.54 Å². The summed E-state index contributed by atoms with van der Waals surface area (Å²) in [5.74, 6) is 0. The van der Waals surface area contributed by atoms with Gasteiger partial charge in [-0.25, -0.2) is 0 Å². The van der Waals surface area contributed by atoms with Crippen LogP contribution in [0.4, 0.5) is 0 Å². The summed E-state index contributed by atoms with van der Waals surface area (Å²) in [4.78, 5) is 0.940. The number of nitrogens with zero attached hydrogens (tertiary/aromatic N) is 1. The van der Waals surface area contributed by atoms with Gasteiger partial charge < -0.3 is 0 Å². The molecule has 0 aromatic carbocycles. The van der Waals surface area contributed by atoms with Crippen molar-refractivity contribution in [3.05, 3.63) is 0 Å². The van der Waals surface area contributed by atoms with Crippen molar-refractivity contribution in [2.45, 2.75) is 32.1 Å². The molecule has 0 N–H and O–H groups in total. The van der Waals surface area contributed by atoms with Crippen molar-refractivity contribution in [1.29, 1.82) is 0 Å². The van der Waals surface area contributed by atoms with E-state index in [2.05, 4.69) is 5.32 Å². The Morgan fingerprint density at radius 3 is 2.78 bits per heavy atom. The second kappa shape index (κ2) is 3.83. The lowest BCUT2D eigenvalue weighted by Crippen LogP contribution is -2.16. The SMILES string of the molecule is S=C1CCCCCC[N]1. The van der Waals surface area contributed by atoms with E-state index in [1.165, 1.54) is 25.7 Å². The zero-order valence-electron chi connectivity index (χ0n) is 5.60. The Kier molecular flexibility index (Phi) is 2.98. The second-order valence-corrected chi connectivity index (χ2v) is 2.91. The summed E-state index contributed by atoms with van der Waals surface area (Å²) in [6, 6.07) is 0. The van der Waals surface area contributed by atoms with E-state index in [1.807, 2.05) is 0 Å². The van der Waals surface area contributed by atoms with Gasteiger partial charge in [-0.1, -0.05) is 25.1 Å². The fourth-order valence-electron chi connectivity index (χ4n) is 1.02. The summed E-state index contributed by atoms with van der Waals surface area (Å²) in [7, 11) is 0. The molecule has 51 valence electrons. The second-order valence-electron chi connectivity index (χ2n) is 2.44. The van der Waals surface area contributed by atoms with Gasteiger partial charge in [0.15, 0.2) is 0 Å². The molecular weight excluding hydrogens is 130 g/mol. The first-order chi connectivity index (χ1) is 4.39. The fraction of sp³-hybridized carbons (Fsp3) is 0.857. The van der Waals surface area contributed by atoms with Gasteiger partial charge in [-0.05, 0) is 19.3 Å². The average molecular weight is 142 g/mol. The van der Waals surface area contributed by atoms with Crippen LogP contribution >= 0.6 is 12.2 Å². The molecule has 1 saturated heterocycles. The first-order valence-corrected chi connectivity index (χ1v) is 4.01. The molecule has 0 aliphatic carbocycles. The molecule has 0 amide bonds. The summed E-state index contributed by atoms with van der Waals surface area (Å²) < 4.78 is 0. The minimum Gasteiger partial charge on any atom is -0.278 e. The van der Waals surface area contributed by atoms with Gasteiger partial charge in [0.05, 0.1) is 4.99 Å². The number of hydrogen-bond donors (Lipinski definition) is 0. The van der Waals surface area contributed by atoms with E-state index in [4.69, 9.17) is 12.2 Å². The highest BCUT2D eigenvalue weighted by atomic mass is 32.1. The summed E-state index contributed by atoms with van der Waals surface area (Å²) in [6.45, 7) is 0.971. The van der Waals surface area contributed by atoms with E-state index in [-0.39, 0.29) is 0 Å². The van der Waals surface area contributed by atoms with E-state index in [9.17, 15) is 0 Å². The molecule has 1 radical (unpaired) electrons. The highest BCUT2D eigenvalue weighted by Gasteiger charge is 2.01. The van der Waals surface area contributed by atoms with Crippen molar-refractivity contribution in [1.82, 2.24) is 5.32 Å². The van der Waals surface area contributed by atoms with E-state index >= 15 is 0 Å². The molecule has 0 spiro atoms. The lowest BCUT2D eigenvalue weighted by molar-refractivity contribution is 0.612. The third-order valence-corrected chi connectivity index (χ3v) is 1.92. The molecule has 9 heavy (non-hydrogen) atoms. The lowest BCUT2D eigenvalue weighted by Gasteiger charge is -2.08. The van der Waals surface area contributed by atoms with E-state index in [1.54, 1.807) is 0 Å². The van der Waals surface area contributed by atoms with Crippen LogP contribution in [0.5, 0.6) is 0 Å². The van der Waals surface area contributed by atoms with Crippen molar-refractivity contribution in [2.75, 3.05) is 6.54 Å². The van der Waals surface area contributed by atoms with Gasteiger partial charge in [-0.15, -0.1) is 0 Å². The van der Waals surface area contributed by atoms with Crippen LogP contribution in [0.15, 0.2) is 0 Å². The summed E-state index contributed by atoms with van der Waals surface area (Å²) >= 11 is 4.99. The first kappa shape index (κ1) is 7.00. The molecule has 0 aromatic heterocycles. The van der Waals surface area contributed by atoms with Crippen molar-refractivity contribution < 1.29 is 0 Å². The van der Waals surface area contributed by atoms with E-state index in [0.717, 1.165) is 18.0 Å². The molecule has 0 unspecified atom stereocenters. The molecule has 1 aliphatic heterocycles. The molecule has 1 rings (SSSR count). The standard InChI is InChI=1S/C7H12NS/c9-7-5-3-1-2-4-6-8-7/h1-6H2. The Bertz CT molecular complexity index is 91.1. The molecular formula is C7H12NS. The number of hydrogen-bond acceptors (Lipinski definition) is 1. The van der Waals surface area contributed by atoms with Crippen molar-refractivity contribution in [3.63, 3.8) is 0 Å². The Hall–Kier alpha value is -0.110. The van der Waals surface area contributed by atoms with Crippen LogP contribution in [-0.2, 0) is 0 Å². The molecule has 0 saturated carbocycles. The van der Waals surface area contributed by atoms with Crippen molar-refractivity contribution in [2.24, 2.45) is 0 Å². The normalized spacial score (nSPS) is 22.0. The highest BCUT2D eigenvalue weighted by Crippen LogP contribution is 2.06. The third-order valence-electron chi connectivity index (χ3n) is 1.59. The topological polar surface area (TPSA) is 14.1 Å². The lowest BCUT2D eigenvalue weighted by atomic mass is 10.1. The third kappa shape index (κ3) is 2.80. The maximum atomic E-state index is 4.99. The van der Waals surface area contributed by atoms with Gasteiger partial charge >= 0.3 is 0 Å². The Labute approximate surface area is 61.8 Å². The number of thiocarbonyl (C=S) groups is 1. The van der Waals surface area contributed by atoms with Crippen LogP contribution in [-0.4, -0.2) is 11.5 Å². The molecule has 2 heteroatoms. The van der Waals surface area contributed by atoms with Crippen LogP contribution in [0.2, 0.25) is 0 Å². The quantitative estimate of drug-likeness (QED) is 0.471. The number of rotatable bonds is 0. The van der Waals surface area contributed by atoms with E-state index < -0.39 is 0 Å². The first-order valence-electron chi connectivity index (χ1n) is 3.60. The van der Waals surface area contributed by atoms with Gasteiger partial charge in [-0.3, -0.25) is 5.32 Å². The van der Waals surface area contributed by atoms with Crippen LogP contribution < -0.4 is 5.32 Å². The minimum atomic E-state index is 0.940. The summed E-state index contributed by atoms with van der Waals surface area (Å²) in [5, 5.41) is 4.22. The van der Waals surface area contributed by atoms with Gasteiger partial charge in [0.25, 0.3) is 0 Å². The summed E-state index contributed by atoms with van der Waals surface area (Å²) in [6.07, 6.45) is 6.22. The van der Waals surface area contributed by atoms with Gasteiger partial charge in [0.1, 0.15) is 0 Å². The minimum absolute atomic E-state index is 0.940. The Morgan fingerprint density at radius 2 is 1.89 bits per heavy atom. The largest absolute Gasteiger partial charge is 0.278 e. The molecule has 0 aromatic rings. The monoisotopic (exact) mass is 142 g/mol. The molecule has 0 bridgehead atoms. The Morgan fingerprint density at radius 1 is 1.11 bits per heavy atom. The maximum absolute atomic E-state index is 4.99. The van der Waals surface area contributed by atoms with Crippen molar-refractivity contribution >= 4 is 17.2 Å². The molecule has 0 atom stereocenters. The predicted molar refractivity (Wildman–Crippen MR) is 42.7 cm³/mol. The van der Waals surface area contributed by atoms with Gasteiger partial charge in [0.2, 0.25) is 0 Å². The smallest absolute Gasteiger partial charge is 0.0974 e. The van der Waals surface area contributed by atoms with Crippen LogP contribution in [0, 0.1) is 0 Å². The average Bonchev–Trinajstić information content (AvgIpc) is 1.79. The maximum Gasteiger partial charge on any atom is 0.0974 e. The zero-order chi connectivity index (χ0) is 6.53. The summed E-state index contributed by atoms with van der Waals surface area (Å²) in [5.41, 5.74) is 0. The Balaban J connectivity index is 2.20. The molecule has 1 aliphatic rings. The zero-order valence-corrected chi connectivity index (χ0v) is 6.41. The van der Waals surface area contributed by atoms with Gasteiger partial charge in [-0.2, -0.15) is 0 Å². The van der Waals surface area contributed by atoms with E-state index in [0.29, 0.717) is 0 Å².